The van der Waals surface area contributed by atoms with Gasteiger partial charge in [0.05, 0.1) is 5.69 Å². The largest absolute Gasteiger partial charge is 0.444 e. The van der Waals surface area contributed by atoms with Gasteiger partial charge in [0.15, 0.2) is 0 Å². The number of ether oxygens (including phenoxy) is 1. The number of nitrogens with zero attached hydrogens (tertiary/aromatic N) is 2. The molecular weight excluding hydrogens is 380 g/mol. The molecule has 4 nitrogen and oxygen atoms in total. The zero-order valence-corrected chi connectivity index (χ0v) is 17.5. The lowest BCUT2D eigenvalue weighted by Crippen LogP contribution is -2.50. The highest BCUT2D eigenvalue weighted by Crippen LogP contribution is 2.36. The predicted octanol–water partition coefficient (Wildman–Crippen LogP) is 5.55. The van der Waals surface area contributed by atoms with Gasteiger partial charge in [-0.2, -0.15) is 0 Å². The lowest BCUT2D eigenvalue weighted by atomic mass is 10.2. The zero-order valence-electron chi connectivity index (χ0n) is 15.9. The van der Waals surface area contributed by atoms with E-state index in [0.717, 1.165) is 23.0 Å². The highest BCUT2D eigenvalue weighted by atomic mass is 35.5. The van der Waals surface area contributed by atoms with Crippen molar-refractivity contribution in [3.63, 3.8) is 0 Å². The van der Waals surface area contributed by atoms with E-state index < -0.39 is 5.60 Å². The summed E-state index contributed by atoms with van der Waals surface area (Å²) in [6, 6.07) is 16.3. The Labute approximate surface area is 170 Å². The fourth-order valence-electron chi connectivity index (χ4n) is 2.89. The summed E-state index contributed by atoms with van der Waals surface area (Å²) in [5.74, 6) is 0. The number of hydrogen-bond donors (Lipinski definition) is 0. The molecule has 1 aliphatic rings. The van der Waals surface area contributed by atoms with Gasteiger partial charge in [-0.05, 0) is 57.2 Å². The second-order valence-electron chi connectivity index (χ2n) is 7.48. The van der Waals surface area contributed by atoms with Crippen LogP contribution in [-0.2, 0) is 4.74 Å². The number of amides is 1. The third-order valence-corrected chi connectivity index (χ3v) is 5.50. The van der Waals surface area contributed by atoms with Crippen molar-refractivity contribution in [2.75, 3.05) is 31.1 Å². The van der Waals surface area contributed by atoms with Crippen LogP contribution in [0.25, 0.3) is 0 Å². The van der Waals surface area contributed by atoms with Gasteiger partial charge in [0, 0.05) is 41.0 Å². The van der Waals surface area contributed by atoms with Gasteiger partial charge in [0.25, 0.3) is 0 Å². The fraction of sp³-hybridized carbons (Fsp3) is 0.381. The summed E-state index contributed by atoms with van der Waals surface area (Å²) in [4.78, 5) is 18.7. The highest BCUT2D eigenvalue weighted by Gasteiger charge is 2.26. The van der Waals surface area contributed by atoms with E-state index in [0.29, 0.717) is 13.1 Å². The van der Waals surface area contributed by atoms with Crippen LogP contribution < -0.4 is 4.90 Å². The highest BCUT2D eigenvalue weighted by molar-refractivity contribution is 7.99. The molecule has 2 aromatic carbocycles. The Bertz CT molecular complexity index is 782. The molecule has 2 aromatic rings. The number of carbonyl (C=O) groups is 1. The van der Waals surface area contributed by atoms with Crippen molar-refractivity contribution in [1.29, 1.82) is 0 Å². The van der Waals surface area contributed by atoms with E-state index in [2.05, 4.69) is 29.2 Å². The van der Waals surface area contributed by atoms with E-state index in [1.165, 1.54) is 10.6 Å². The Hall–Kier alpha value is -1.85. The minimum absolute atomic E-state index is 0.231. The van der Waals surface area contributed by atoms with Gasteiger partial charge in [-0.1, -0.05) is 35.5 Å². The normalized spacial score (nSPS) is 15.0. The molecular formula is C21H25ClN2O2S. The molecule has 0 spiro atoms. The SMILES string of the molecule is CC(C)(C)OC(=O)N1CCN(c2ccccc2Sc2ccc(Cl)cc2)CC1. The van der Waals surface area contributed by atoms with Crippen LogP contribution >= 0.6 is 23.4 Å². The first-order chi connectivity index (χ1) is 12.8. The molecule has 144 valence electrons. The first-order valence-electron chi connectivity index (χ1n) is 9.07. The number of rotatable bonds is 3. The Balaban J connectivity index is 1.66. The van der Waals surface area contributed by atoms with Crippen molar-refractivity contribution < 1.29 is 9.53 Å². The van der Waals surface area contributed by atoms with Crippen molar-refractivity contribution in [1.82, 2.24) is 4.90 Å². The Morgan fingerprint density at radius 2 is 1.63 bits per heavy atom. The van der Waals surface area contributed by atoms with Crippen LogP contribution in [0.3, 0.4) is 0 Å². The smallest absolute Gasteiger partial charge is 0.410 e. The van der Waals surface area contributed by atoms with Gasteiger partial charge in [-0.25, -0.2) is 4.79 Å². The number of hydrogen-bond acceptors (Lipinski definition) is 4. The molecule has 0 unspecified atom stereocenters. The topological polar surface area (TPSA) is 32.8 Å². The summed E-state index contributed by atoms with van der Waals surface area (Å²) >= 11 is 7.71. The number of carbonyl (C=O) groups excluding carboxylic acids is 1. The van der Waals surface area contributed by atoms with E-state index in [9.17, 15) is 4.79 Å². The summed E-state index contributed by atoms with van der Waals surface area (Å²) in [6.07, 6.45) is -0.231. The molecule has 0 bridgehead atoms. The molecule has 3 rings (SSSR count). The average molecular weight is 405 g/mol. The van der Waals surface area contributed by atoms with Crippen molar-refractivity contribution >= 4 is 35.1 Å². The first-order valence-corrected chi connectivity index (χ1v) is 10.3. The van der Waals surface area contributed by atoms with Crippen molar-refractivity contribution in [3.05, 3.63) is 53.6 Å². The second-order valence-corrected chi connectivity index (χ2v) is 9.03. The van der Waals surface area contributed by atoms with Gasteiger partial charge in [-0.15, -0.1) is 0 Å². The Morgan fingerprint density at radius 3 is 2.26 bits per heavy atom. The summed E-state index contributed by atoms with van der Waals surface area (Å²) in [6.45, 7) is 8.58. The molecule has 1 saturated heterocycles. The predicted molar refractivity (Wildman–Crippen MR) is 112 cm³/mol. The monoisotopic (exact) mass is 404 g/mol. The summed E-state index contributed by atoms with van der Waals surface area (Å²) in [7, 11) is 0. The van der Waals surface area contributed by atoms with Crippen LogP contribution in [0.5, 0.6) is 0 Å². The van der Waals surface area contributed by atoms with Crippen molar-refractivity contribution in [3.8, 4) is 0 Å². The van der Waals surface area contributed by atoms with E-state index in [1.807, 2.05) is 45.0 Å². The molecule has 6 heteroatoms. The maximum Gasteiger partial charge on any atom is 0.410 e. The number of para-hydroxylation sites is 1. The van der Waals surface area contributed by atoms with Crippen LogP contribution in [0, 0.1) is 0 Å². The number of benzene rings is 2. The van der Waals surface area contributed by atoms with Crippen molar-refractivity contribution in [2.24, 2.45) is 0 Å². The summed E-state index contributed by atoms with van der Waals surface area (Å²) in [5.41, 5.74) is 0.733. The van der Waals surface area contributed by atoms with Gasteiger partial charge < -0.3 is 14.5 Å². The fourth-order valence-corrected chi connectivity index (χ4v) is 3.99. The Kier molecular flexibility index (Phi) is 6.22. The number of anilines is 1. The maximum atomic E-state index is 12.3. The van der Waals surface area contributed by atoms with Gasteiger partial charge >= 0.3 is 6.09 Å². The van der Waals surface area contributed by atoms with Gasteiger partial charge in [-0.3, -0.25) is 0 Å². The van der Waals surface area contributed by atoms with Crippen LogP contribution in [0.2, 0.25) is 5.02 Å². The standard InChI is InChI=1S/C21H25ClN2O2S/c1-21(2,3)26-20(25)24-14-12-23(13-15-24)18-6-4-5-7-19(18)27-17-10-8-16(22)9-11-17/h4-11H,12-15H2,1-3H3. The molecule has 0 saturated carbocycles. The summed E-state index contributed by atoms with van der Waals surface area (Å²) in [5, 5.41) is 0.742. The van der Waals surface area contributed by atoms with Crippen LogP contribution in [-0.4, -0.2) is 42.8 Å². The molecule has 1 fully saturated rings. The quantitative estimate of drug-likeness (QED) is 0.671. The Morgan fingerprint density at radius 1 is 1.00 bits per heavy atom. The first kappa shape index (κ1) is 19.9. The second kappa shape index (κ2) is 8.44. The third kappa shape index (κ3) is 5.56. The van der Waals surface area contributed by atoms with Crippen LogP contribution in [0.1, 0.15) is 20.8 Å². The molecule has 1 heterocycles. The third-order valence-electron chi connectivity index (χ3n) is 4.18. The van der Waals surface area contributed by atoms with E-state index in [-0.39, 0.29) is 6.09 Å². The number of halogens is 1. The molecule has 27 heavy (non-hydrogen) atoms. The number of piperazine rings is 1. The molecule has 0 aliphatic carbocycles. The lowest BCUT2D eigenvalue weighted by Gasteiger charge is -2.37. The van der Waals surface area contributed by atoms with Crippen molar-refractivity contribution in [2.45, 2.75) is 36.2 Å². The van der Waals surface area contributed by atoms with E-state index >= 15 is 0 Å². The molecule has 1 aliphatic heterocycles. The molecule has 0 N–H and O–H groups in total. The van der Waals surface area contributed by atoms with Crippen LogP contribution in [0.4, 0.5) is 10.5 Å². The molecule has 1 amide bonds. The van der Waals surface area contributed by atoms with E-state index in [4.69, 9.17) is 16.3 Å². The van der Waals surface area contributed by atoms with Crippen LogP contribution in [0.15, 0.2) is 58.3 Å². The summed E-state index contributed by atoms with van der Waals surface area (Å²) < 4.78 is 5.48. The average Bonchev–Trinajstić information content (AvgIpc) is 2.63. The molecule has 0 radical (unpaired) electrons. The zero-order chi connectivity index (χ0) is 19.4. The molecule has 0 aromatic heterocycles. The minimum atomic E-state index is -0.462. The van der Waals surface area contributed by atoms with Gasteiger partial charge in [0.1, 0.15) is 5.60 Å². The van der Waals surface area contributed by atoms with E-state index in [1.54, 1.807) is 16.7 Å². The maximum absolute atomic E-state index is 12.3. The van der Waals surface area contributed by atoms with Gasteiger partial charge in [0.2, 0.25) is 0 Å². The minimum Gasteiger partial charge on any atom is -0.444 e. The molecule has 0 atom stereocenters. The lowest BCUT2D eigenvalue weighted by molar-refractivity contribution is 0.0240.